The van der Waals surface area contributed by atoms with E-state index in [0.29, 0.717) is 6.54 Å². The fourth-order valence-corrected chi connectivity index (χ4v) is 5.77. The van der Waals surface area contributed by atoms with Crippen molar-refractivity contribution in [1.82, 2.24) is 19.1 Å². The summed E-state index contributed by atoms with van der Waals surface area (Å²) < 4.78 is 44.0. The maximum absolute atomic E-state index is 14.7. The monoisotopic (exact) mass is 477 g/mol. The molecular formula is C25H24FN5O2S. The van der Waals surface area contributed by atoms with E-state index in [1.54, 1.807) is 18.5 Å². The number of hydrogen-bond acceptors (Lipinski definition) is 5. The number of sulfonamides is 1. The molecule has 0 fully saturated rings. The summed E-state index contributed by atoms with van der Waals surface area (Å²) in [4.78, 5) is 4.55. The molecule has 9 heteroatoms. The van der Waals surface area contributed by atoms with Crippen LogP contribution in [0.2, 0.25) is 0 Å². The van der Waals surface area contributed by atoms with Gasteiger partial charge < -0.3 is 5.73 Å². The van der Waals surface area contributed by atoms with Crippen LogP contribution in [-0.4, -0.2) is 34.0 Å². The molecule has 2 N–H and O–H groups in total. The van der Waals surface area contributed by atoms with E-state index in [9.17, 15) is 12.8 Å². The Bertz CT molecular complexity index is 1410. The Morgan fingerprint density at radius 3 is 2.53 bits per heavy atom. The Hall–Kier alpha value is -3.40. The molecule has 34 heavy (non-hydrogen) atoms. The molecule has 1 unspecified atom stereocenters. The van der Waals surface area contributed by atoms with Crippen LogP contribution in [0, 0.1) is 5.82 Å². The topological polar surface area (TPSA) is 94.1 Å². The minimum Gasteiger partial charge on any atom is -0.330 e. The summed E-state index contributed by atoms with van der Waals surface area (Å²) >= 11 is 0. The van der Waals surface area contributed by atoms with Gasteiger partial charge in [-0.05, 0) is 60.0 Å². The SMILES string of the molecule is NCCC(c1ccccc1)c1cc2c(cn1)CN(S(=O)(=O)c1ccc(-n3cccn3)c(F)c1)C2. The minimum absolute atomic E-state index is 0.0334. The third-order valence-electron chi connectivity index (χ3n) is 6.12. The van der Waals surface area contributed by atoms with Gasteiger partial charge in [0, 0.05) is 43.3 Å². The Balaban J connectivity index is 1.41. The molecule has 0 saturated heterocycles. The molecule has 0 saturated carbocycles. The summed E-state index contributed by atoms with van der Waals surface area (Å²) in [6.07, 6.45) is 5.61. The van der Waals surface area contributed by atoms with Gasteiger partial charge in [-0.25, -0.2) is 17.5 Å². The van der Waals surface area contributed by atoms with Crippen LogP contribution in [-0.2, 0) is 23.1 Å². The van der Waals surface area contributed by atoms with E-state index in [1.807, 2.05) is 36.4 Å². The van der Waals surface area contributed by atoms with E-state index < -0.39 is 15.8 Å². The maximum atomic E-state index is 14.7. The predicted molar refractivity (Wildman–Crippen MR) is 126 cm³/mol. The van der Waals surface area contributed by atoms with Gasteiger partial charge in [0.05, 0.1) is 4.90 Å². The smallest absolute Gasteiger partial charge is 0.243 e. The van der Waals surface area contributed by atoms with Crippen molar-refractivity contribution < 1.29 is 12.8 Å². The van der Waals surface area contributed by atoms with Crippen molar-refractivity contribution in [3.05, 3.63) is 107 Å². The van der Waals surface area contributed by atoms with E-state index >= 15 is 0 Å². The number of hydrogen-bond donors (Lipinski definition) is 1. The second-order valence-corrected chi connectivity index (χ2v) is 10.2. The number of nitrogens with zero attached hydrogens (tertiary/aromatic N) is 4. The van der Waals surface area contributed by atoms with E-state index in [2.05, 4.69) is 10.1 Å². The number of fused-ring (bicyclic) bond motifs is 1. The van der Waals surface area contributed by atoms with Crippen LogP contribution in [0.25, 0.3) is 5.69 Å². The van der Waals surface area contributed by atoms with Crippen molar-refractivity contribution in [2.75, 3.05) is 6.54 Å². The van der Waals surface area contributed by atoms with Crippen LogP contribution in [0.1, 0.15) is 34.7 Å². The Kier molecular flexibility index (Phi) is 5.99. The first kappa shape index (κ1) is 22.4. The standard InChI is InChI=1S/C25H24FN5O2S/c26-23-14-21(7-8-25(23)31-12-4-11-29-31)34(32,33)30-16-19-13-24(28-15-20(19)17-30)22(9-10-27)18-5-2-1-3-6-18/h1-8,11-15,22H,9-10,16-17,27H2. The molecule has 0 radical (unpaired) electrons. The molecule has 1 aliphatic heterocycles. The summed E-state index contributed by atoms with van der Waals surface area (Å²) in [5, 5.41) is 4.00. The molecule has 1 aliphatic rings. The van der Waals surface area contributed by atoms with Crippen molar-refractivity contribution in [1.29, 1.82) is 0 Å². The number of nitrogens with two attached hydrogens (primary N) is 1. The highest BCUT2D eigenvalue weighted by atomic mass is 32.2. The number of pyridine rings is 1. The van der Waals surface area contributed by atoms with Gasteiger partial charge in [0.25, 0.3) is 0 Å². The first-order valence-electron chi connectivity index (χ1n) is 11.0. The van der Waals surface area contributed by atoms with Crippen LogP contribution in [0.5, 0.6) is 0 Å². The van der Waals surface area contributed by atoms with Gasteiger partial charge in [-0.1, -0.05) is 30.3 Å². The van der Waals surface area contributed by atoms with Crippen LogP contribution >= 0.6 is 0 Å². The van der Waals surface area contributed by atoms with Gasteiger partial charge in [-0.2, -0.15) is 9.40 Å². The molecule has 5 rings (SSSR count). The minimum atomic E-state index is -3.89. The van der Waals surface area contributed by atoms with E-state index in [4.69, 9.17) is 5.73 Å². The van der Waals surface area contributed by atoms with E-state index in [-0.39, 0.29) is 29.6 Å². The van der Waals surface area contributed by atoms with Crippen molar-refractivity contribution in [3.63, 3.8) is 0 Å². The quantitative estimate of drug-likeness (QED) is 0.439. The zero-order valence-corrected chi connectivity index (χ0v) is 19.2. The van der Waals surface area contributed by atoms with Crippen molar-refractivity contribution >= 4 is 10.0 Å². The third-order valence-corrected chi connectivity index (χ3v) is 7.91. The third kappa shape index (κ3) is 4.13. The van der Waals surface area contributed by atoms with E-state index in [0.717, 1.165) is 34.9 Å². The molecule has 2 aromatic carbocycles. The summed E-state index contributed by atoms with van der Waals surface area (Å²) in [5.74, 6) is -0.621. The van der Waals surface area contributed by atoms with Crippen molar-refractivity contribution in [3.8, 4) is 5.69 Å². The molecule has 0 spiro atoms. The van der Waals surface area contributed by atoms with Crippen molar-refractivity contribution in [2.45, 2.75) is 30.3 Å². The predicted octanol–water partition coefficient (Wildman–Crippen LogP) is 3.59. The Morgan fingerprint density at radius 1 is 1.03 bits per heavy atom. The molecule has 0 amide bonds. The number of benzene rings is 2. The highest BCUT2D eigenvalue weighted by Crippen LogP contribution is 2.33. The van der Waals surface area contributed by atoms with Gasteiger partial charge in [-0.15, -0.1) is 0 Å². The summed E-state index contributed by atoms with van der Waals surface area (Å²) in [6.45, 7) is 0.916. The molecule has 7 nitrogen and oxygen atoms in total. The molecule has 4 aromatic rings. The maximum Gasteiger partial charge on any atom is 0.243 e. The second-order valence-electron chi connectivity index (χ2n) is 8.26. The lowest BCUT2D eigenvalue weighted by Gasteiger charge is -2.17. The fourth-order valence-electron chi connectivity index (χ4n) is 4.36. The normalized spacial score (nSPS) is 14.8. The summed E-state index contributed by atoms with van der Waals surface area (Å²) in [7, 11) is -3.89. The number of rotatable bonds is 7. The second kappa shape index (κ2) is 9.09. The van der Waals surface area contributed by atoms with Gasteiger partial charge >= 0.3 is 0 Å². The zero-order chi connectivity index (χ0) is 23.7. The summed E-state index contributed by atoms with van der Waals surface area (Å²) in [5.41, 5.74) is 9.79. The number of halogens is 1. The average molecular weight is 478 g/mol. The van der Waals surface area contributed by atoms with Crippen LogP contribution in [0.15, 0.2) is 84.1 Å². The molecule has 0 aliphatic carbocycles. The molecule has 3 heterocycles. The highest BCUT2D eigenvalue weighted by molar-refractivity contribution is 7.89. The first-order chi connectivity index (χ1) is 16.5. The summed E-state index contributed by atoms with van der Waals surface area (Å²) in [6, 6.07) is 17.6. The number of aromatic nitrogens is 3. The van der Waals surface area contributed by atoms with Crippen LogP contribution in [0.3, 0.4) is 0 Å². The molecule has 2 aromatic heterocycles. The highest BCUT2D eigenvalue weighted by Gasteiger charge is 2.32. The average Bonchev–Trinajstić information content (AvgIpc) is 3.53. The first-order valence-corrected chi connectivity index (χ1v) is 12.4. The Morgan fingerprint density at radius 2 is 1.82 bits per heavy atom. The molecule has 174 valence electrons. The van der Waals surface area contributed by atoms with Crippen LogP contribution in [0.4, 0.5) is 4.39 Å². The van der Waals surface area contributed by atoms with Gasteiger partial charge in [-0.3, -0.25) is 4.98 Å². The zero-order valence-electron chi connectivity index (χ0n) is 18.4. The fraction of sp³-hybridized carbons (Fsp3) is 0.200. The Labute approximate surface area is 197 Å². The lowest BCUT2D eigenvalue weighted by molar-refractivity contribution is 0.431. The van der Waals surface area contributed by atoms with E-state index in [1.165, 1.54) is 27.3 Å². The van der Waals surface area contributed by atoms with Gasteiger partial charge in [0.15, 0.2) is 0 Å². The van der Waals surface area contributed by atoms with Crippen LogP contribution < -0.4 is 5.73 Å². The van der Waals surface area contributed by atoms with Gasteiger partial charge in [0.1, 0.15) is 11.5 Å². The largest absolute Gasteiger partial charge is 0.330 e. The lowest BCUT2D eigenvalue weighted by atomic mass is 9.91. The lowest BCUT2D eigenvalue weighted by Crippen LogP contribution is -2.25. The molecular weight excluding hydrogens is 453 g/mol. The van der Waals surface area contributed by atoms with Crippen molar-refractivity contribution in [2.24, 2.45) is 5.73 Å². The van der Waals surface area contributed by atoms with Gasteiger partial charge in [0.2, 0.25) is 10.0 Å². The molecule has 0 bridgehead atoms. The molecule has 1 atom stereocenters.